The van der Waals surface area contributed by atoms with Gasteiger partial charge >= 0.3 is 6.09 Å². The molecule has 0 aliphatic carbocycles. The number of carbonyl (C=O) groups is 1. The monoisotopic (exact) mass is 760 g/mol. The van der Waals surface area contributed by atoms with Gasteiger partial charge in [0.15, 0.2) is 17.0 Å². The van der Waals surface area contributed by atoms with Crippen LogP contribution in [0.25, 0.3) is 60.5 Å². The molecule has 4 aromatic heterocycles. The van der Waals surface area contributed by atoms with Crippen LogP contribution in [-0.4, -0.2) is 40.8 Å². The highest BCUT2D eigenvalue weighted by Gasteiger charge is 2.18. The van der Waals surface area contributed by atoms with Crippen molar-refractivity contribution in [2.24, 2.45) is 0 Å². The van der Waals surface area contributed by atoms with E-state index in [1.807, 2.05) is 139 Å². The summed E-state index contributed by atoms with van der Waals surface area (Å²) in [6.45, 7) is 12.9. The van der Waals surface area contributed by atoms with Crippen molar-refractivity contribution in [1.29, 1.82) is 0 Å². The lowest BCUT2D eigenvalue weighted by Crippen LogP contribution is -2.32. The van der Waals surface area contributed by atoms with E-state index in [1.165, 1.54) is 12.7 Å². The minimum absolute atomic E-state index is 0. The number of alkyl carbamates (subject to hydrolysis) is 1. The molecular formula is C45H44N8O4. The fourth-order valence-electron chi connectivity index (χ4n) is 6.16. The Balaban J connectivity index is 0.000000216. The van der Waals surface area contributed by atoms with Crippen molar-refractivity contribution in [3.8, 4) is 33.6 Å². The Hall–Kier alpha value is -7.52. The quantitative estimate of drug-likeness (QED) is 0.144. The van der Waals surface area contributed by atoms with E-state index in [9.17, 15) is 14.4 Å². The molecule has 3 N–H and O–H groups in total. The molecule has 1 amide bonds. The second kappa shape index (κ2) is 17.3. The highest BCUT2D eigenvalue weighted by molar-refractivity contribution is 5.95. The van der Waals surface area contributed by atoms with E-state index >= 15 is 0 Å². The molecule has 12 heteroatoms. The first kappa shape index (κ1) is 40.7. The molecule has 288 valence electrons. The van der Waals surface area contributed by atoms with Crippen molar-refractivity contribution < 1.29 is 9.53 Å². The van der Waals surface area contributed by atoms with E-state index in [2.05, 4.69) is 30.1 Å². The molecule has 0 aliphatic heterocycles. The Morgan fingerprint density at radius 2 is 1.14 bits per heavy atom. The average molecular weight is 761 g/mol. The Morgan fingerprint density at radius 1 is 0.702 bits per heavy atom. The molecule has 0 atom stereocenters. The molecule has 0 saturated carbocycles. The topological polar surface area (TPSA) is 144 Å². The lowest BCUT2D eigenvalue weighted by Gasteiger charge is -2.19. The maximum atomic E-state index is 12.6. The number of hydrogen-bond acceptors (Lipinski definition) is 6. The molecule has 8 rings (SSSR count). The minimum atomic E-state index is -0.540. The van der Waals surface area contributed by atoms with Crippen LogP contribution in [0.4, 0.5) is 10.5 Å². The number of aromatic amines is 2. The second-order valence-electron chi connectivity index (χ2n) is 13.6. The van der Waals surface area contributed by atoms with Gasteiger partial charge in [0.2, 0.25) is 0 Å². The first-order valence-corrected chi connectivity index (χ1v) is 17.4. The predicted octanol–water partition coefficient (Wildman–Crippen LogP) is 9.61. The van der Waals surface area contributed by atoms with Crippen LogP contribution in [0.15, 0.2) is 144 Å². The Labute approximate surface area is 330 Å². The maximum Gasteiger partial charge on any atom is 0.407 e. The van der Waals surface area contributed by atoms with Gasteiger partial charge in [-0.2, -0.15) is 0 Å². The normalized spacial score (nSPS) is 10.7. The van der Waals surface area contributed by atoms with E-state index < -0.39 is 11.7 Å². The predicted molar refractivity (Wildman–Crippen MR) is 227 cm³/mol. The molecule has 0 fully saturated rings. The molecule has 0 unspecified atom stereocenters. The summed E-state index contributed by atoms with van der Waals surface area (Å²) in [4.78, 5) is 54.3. The highest BCUT2D eigenvalue weighted by Crippen LogP contribution is 2.31. The van der Waals surface area contributed by atoms with Crippen molar-refractivity contribution in [2.45, 2.75) is 47.8 Å². The number of ether oxygens (including phenoxy) is 1. The summed E-state index contributed by atoms with van der Waals surface area (Å²) in [6, 6.07) is 34.4. The van der Waals surface area contributed by atoms with E-state index in [0.29, 0.717) is 34.3 Å². The van der Waals surface area contributed by atoms with E-state index in [1.54, 1.807) is 12.1 Å². The lowest BCUT2D eigenvalue weighted by molar-refractivity contribution is 0.0523. The third-order valence-corrected chi connectivity index (χ3v) is 8.65. The number of rotatable bonds is 6. The van der Waals surface area contributed by atoms with Crippen LogP contribution in [0.3, 0.4) is 0 Å². The van der Waals surface area contributed by atoms with E-state index in [4.69, 9.17) is 11.3 Å². The summed E-state index contributed by atoms with van der Waals surface area (Å²) in [5.41, 5.74) is 6.99. The Bertz CT molecular complexity index is 2770. The molecule has 0 aliphatic rings. The summed E-state index contributed by atoms with van der Waals surface area (Å²) < 4.78 is 9.08. The smallest absolute Gasteiger partial charge is 0.407 e. The first-order chi connectivity index (χ1) is 26.6. The van der Waals surface area contributed by atoms with E-state index in [0.717, 1.165) is 39.2 Å². The van der Waals surface area contributed by atoms with Gasteiger partial charge in [-0.25, -0.2) is 19.6 Å². The van der Waals surface area contributed by atoms with Crippen LogP contribution >= 0.6 is 0 Å². The van der Waals surface area contributed by atoms with Crippen molar-refractivity contribution in [3.63, 3.8) is 0 Å². The van der Waals surface area contributed by atoms with Crippen LogP contribution < -0.4 is 16.4 Å². The van der Waals surface area contributed by atoms with Crippen molar-refractivity contribution in [3.05, 3.63) is 172 Å². The van der Waals surface area contributed by atoms with Gasteiger partial charge in [0.25, 0.3) is 11.1 Å². The molecule has 57 heavy (non-hydrogen) atoms. The maximum absolute atomic E-state index is 12.6. The average Bonchev–Trinajstić information content (AvgIpc) is 3.79. The molecule has 8 aromatic rings. The summed E-state index contributed by atoms with van der Waals surface area (Å²) in [5, 5.41) is 3.82. The fourth-order valence-corrected chi connectivity index (χ4v) is 6.16. The number of carbonyl (C=O) groups excluding carboxylic acids is 1. The van der Waals surface area contributed by atoms with Gasteiger partial charge in [-0.15, -0.1) is 0 Å². The van der Waals surface area contributed by atoms with Gasteiger partial charge in [-0.3, -0.25) is 9.59 Å². The summed E-state index contributed by atoms with van der Waals surface area (Å²) in [5.74, 6) is 0. The van der Waals surface area contributed by atoms with Gasteiger partial charge in [0.1, 0.15) is 5.60 Å². The number of hydrogen-bond donors (Lipinski definition) is 3. The van der Waals surface area contributed by atoms with Crippen molar-refractivity contribution in [1.82, 2.24) is 34.4 Å². The number of amides is 1. The molecule has 0 saturated heterocycles. The van der Waals surface area contributed by atoms with Crippen LogP contribution in [0.5, 0.6) is 0 Å². The molecule has 0 bridgehead atoms. The number of nitrogens with zero attached hydrogens (tertiary/aromatic N) is 5. The third kappa shape index (κ3) is 8.90. The zero-order valence-electron chi connectivity index (χ0n) is 30.3. The number of aromatic nitrogens is 6. The summed E-state index contributed by atoms with van der Waals surface area (Å²) >= 11 is 0. The van der Waals surface area contributed by atoms with Crippen LogP contribution in [-0.2, 0) is 11.3 Å². The Kier molecular flexibility index (Phi) is 12.3. The molecule has 4 aromatic carbocycles. The van der Waals surface area contributed by atoms with Gasteiger partial charge in [-0.05, 0) is 61.7 Å². The van der Waals surface area contributed by atoms with Crippen molar-refractivity contribution >= 4 is 33.8 Å². The summed E-state index contributed by atoms with van der Waals surface area (Å²) in [7, 11) is 0. The summed E-state index contributed by atoms with van der Waals surface area (Å²) in [6.07, 6.45) is 6.21. The van der Waals surface area contributed by atoms with Crippen LogP contribution in [0, 0.1) is 6.57 Å². The van der Waals surface area contributed by atoms with Crippen LogP contribution in [0.2, 0.25) is 0 Å². The molecule has 0 spiro atoms. The Morgan fingerprint density at radius 3 is 1.56 bits per heavy atom. The molecular weight excluding hydrogens is 717 g/mol. The lowest BCUT2D eigenvalue weighted by atomic mass is 10.0. The molecule has 4 heterocycles. The standard InChI is InChI=1S/C24H24N4O3.C19H12N4O.2CH4/c1-24(2,3)31-23(30)25-13-16-9-11-17(12-10-16)19-14-28(18-7-5-4-6-8-18)21-20(19)22(29)27-15-26-21;1-20-14-9-7-13(8-10-14)16-11-23(15-5-3-2-4-6-15)18-17(16)19(24)22-12-21-18;;/h4-12,14-15H,13H2,1-3H3,(H,25,30)(H,26,27,29);2-12H,(H,21,22,24);2*1H4. The number of nitrogens with one attached hydrogen (secondary N) is 3. The number of para-hydroxylation sites is 2. The number of H-pyrrole nitrogens is 2. The second-order valence-corrected chi connectivity index (χ2v) is 13.6. The number of benzene rings is 4. The van der Waals surface area contributed by atoms with Crippen molar-refractivity contribution in [2.75, 3.05) is 0 Å². The zero-order valence-corrected chi connectivity index (χ0v) is 30.3. The van der Waals surface area contributed by atoms with E-state index in [-0.39, 0.29) is 26.0 Å². The van der Waals surface area contributed by atoms with Crippen LogP contribution in [0.1, 0.15) is 41.2 Å². The highest BCUT2D eigenvalue weighted by atomic mass is 16.6. The largest absolute Gasteiger partial charge is 0.444 e. The third-order valence-electron chi connectivity index (χ3n) is 8.65. The SMILES string of the molecule is C.C.CC(C)(C)OC(=O)NCc1ccc(-c2cn(-c3ccccc3)c3nc[nH]c(=O)c23)cc1.[C-]#[N+]c1ccc(-c2cn(-c3ccccc3)c3nc[nH]c(=O)c23)cc1. The van der Waals surface area contributed by atoms with Gasteiger partial charge in [0.05, 0.1) is 30.0 Å². The number of fused-ring (bicyclic) bond motifs is 2. The zero-order chi connectivity index (χ0) is 38.5. The molecule has 12 nitrogen and oxygen atoms in total. The minimum Gasteiger partial charge on any atom is -0.444 e. The fraction of sp³-hybridized carbons (Fsp3) is 0.156. The van der Waals surface area contributed by atoms with Gasteiger partial charge < -0.3 is 29.2 Å². The van der Waals surface area contributed by atoms with Gasteiger partial charge in [-0.1, -0.05) is 99.8 Å². The molecule has 0 radical (unpaired) electrons. The first-order valence-electron chi connectivity index (χ1n) is 17.4. The van der Waals surface area contributed by atoms with Gasteiger partial charge in [0, 0.05) is 41.4 Å².